The lowest BCUT2D eigenvalue weighted by atomic mass is 9.97. The van der Waals surface area contributed by atoms with E-state index < -0.39 is 11.7 Å². The fourth-order valence-electron chi connectivity index (χ4n) is 3.48. The van der Waals surface area contributed by atoms with E-state index in [0.29, 0.717) is 6.42 Å². The smallest absolute Gasteiger partial charge is 0.416 e. The molecule has 0 aromatic heterocycles. The van der Waals surface area contributed by atoms with Crippen LogP contribution in [-0.2, 0) is 19.0 Å². The first-order chi connectivity index (χ1) is 14.9. The Labute approximate surface area is 179 Å². The van der Waals surface area contributed by atoms with E-state index in [-0.39, 0.29) is 5.75 Å². The van der Waals surface area contributed by atoms with Crippen molar-refractivity contribution in [2.45, 2.75) is 19.0 Å². The Hall–Kier alpha value is -3.53. The van der Waals surface area contributed by atoms with Crippen molar-refractivity contribution in [3.63, 3.8) is 0 Å². The third kappa shape index (κ3) is 5.15. The molecule has 0 unspecified atom stereocenters. The Kier molecular flexibility index (Phi) is 5.81. The van der Waals surface area contributed by atoms with Crippen molar-refractivity contribution in [1.29, 1.82) is 0 Å². The van der Waals surface area contributed by atoms with E-state index in [1.54, 1.807) is 24.3 Å². The number of aromatic hydroxyl groups is 1. The lowest BCUT2D eigenvalue weighted by molar-refractivity contribution is -0.137. The van der Waals surface area contributed by atoms with Crippen molar-refractivity contribution in [3.8, 4) is 28.0 Å². The molecule has 4 rings (SSSR count). The number of phenolic OH excluding ortho intramolecular Hbond substituents is 1. The largest absolute Gasteiger partial charge is 0.508 e. The highest BCUT2D eigenvalue weighted by Gasteiger charge is 2.29. The number of halogens is 3. The summed E-state index contributed by atoms with van der Waals surface area (Å²) in [6.07, 6.45) is -2.90. The van der Waals surface area contributed by atoms with Gasteiger partial charge in [0.1, 0.15) is 5.75 Å². The zero-order valence-electron chi connectivity index (χ0n) is 16.7. The molecule has 0 amide bonds. The Bertz CT molecular complexity index is 1140. The number of benzene rings is 4. The van der Waals surface area contributed by atoms with Crippen molar-refractivity contribution in [2.75, 3.05) is 0 Å². The number of hydrogen-bond donors (Lipinski definition) is 1. The van der Waals surface area contributed by atoms with Crippen LogP contribution in [0.1, 0.15) is 16.7 Å². The van der Waals surface area contributed by atoms with E-state index in [1.807, 2.05) is 48.5 Å². The highest BCUT2D eigenvalue weighted by Crippen LogP contribution is 2.30. The Morgan fingerprint density at radius 3 is 1.81 bits per heavy atom. The highest BCUT2D eigenvalue weighted by molar-refractivity contribution is 5.70. The van der Waals surface area contributed by atoms with Crippen LogP contribution >= 0.6 is 0 Å². The van der Waals surface area contributed by atoms with Gasteiger partial charge in [-0.05, 0) is 76.6 Å². The topological polar surface area (TPSA) is 20.2 Å². The van der Waals surface area contributed by atoms with Gasteiger partial charge < -0.3 is 5.11 Å². The van der Waals surface area contributed by atoms with Crippen LogP contribution in [0.3, 0.4) is 0 Å². The second-order valence-corrected chi connectivity index (χ2v) is 7.43. The van der Waals surface area contributed by atoms with E-state index in [9.17, 15) is 18.3 Å². The molecule has 0 aliphatic carbocycles. The molecule has 0 aliphatic rings. The third-order valence-electron chi connectivity index (χ3n) is 5.25. The van der Waals surface area contributed by atoms with Gasteiger partial charge in [-0.15, -0.1) is 0 Å². The van der Waals surface area contributed by atoms with E-state index in [4.69, 9.17) is 0 Å². The van der Waals surface area contributed by atoms with E-state index >= 15 is 0 Å². The predicted molar refractivity (Wildman–Crippen MR) is 117 cm³/mol. The first-order valence-corrected chi connectivity index (χ1v) is 9.95. The number of phenols is 1. The molecular formula is C27H20F3O. The third-order valence-corrected chi connectivity index (χ3v) is 5.25. The van der Waals surface area contributed by atoms with Crippen LogP contribution in [0, 0.1) is 6.07 Å². The van der Waals surface area contributed by atoms with Gasteiger partial charge >= 0.3 is 6.18 Å². The van der Waals surface area contributed by atoms with Crippen LogP contribution in [0.2, 0.25) is 0 Å². The van der Waals surface area contributed by atoms with Crippen LogP contribution in [-0.4, -0.2) is 5.11 Å². The van der Waals surface area contributed by atoms with Crippen molar-refractivity contribution in [1.82, 2.24) is 0 Å². The summed E-state index contributed by atoms with van der Waals surface area (Å²) in [6, 6.07) is 29.8. The van der Waals surface area contributed by atoms with Gasteiger partial charge in [0.25, 0.3) is 0 Å². The molecule has 4 aromatic carbocycles. The van der Waals surface area contributed by atoms with Crippen LogP contribution < -0.4 is 0 Å². The Balaban J connectivity index is 1.45. The SMILES string of the molecule is Oc1ccc(-c2ccc(-c3[c]ccc(CCc4ccc(C(F)(F)F)cc4)c3)cc2)cc1. The molecule has 31 heavy (non-hydrogen) atoms. The maximum Gasteiger partial charge on any atom is 0.416 e. The molecule has 0 saturated heterocycles. The van der Waals surface area contributed by atoms with Crippen molar-refractivity contribution >= 4 is 0 Å². The monoisotopic (exact) mass is 417 g/mol. The van der Waals surface area contributed by atoms with Crippen LogP contribution in [0.5, 0.6) is 5.75 Å². The van der Waals surface area contributed by atoms with Crippen LogP contribution in [0.15, 0.2) is 91.0 Å². The normalized spacial score (nSPS) is 11.5. The minimum atomic E-state index is -4.31. The minimum absolute atomic E-state index is 0.239. The van der Waals surface area contributed by atoms with Gasteiger partial charge in [0.05, 0.1) is 5.56 Å². The van der Waals surface area contributed by atoms with Gasteiger partial charge in [-0.1, -0.05) is 66.7 Å². The maximum atomic E-state index is 12.7. The molecule has 0 bridgehead atoms. The van der Waals surface area contributed by atoms with Gasteiger partial charge in [0.2, 0.25) is 0 Å². The lowest BCUT2D eigenvalue weighted by Gasteiger charge is -2.09. The molecular weight excluding hydrogens is 397 g/mol. The second kappa shape index (κ2) is 8.68. The summed E-state index contributed by atoms with van der Waals surface area (Å²) in [5.41, 5.74) is 5.46. The first-order valence-electron chi connectivity index (χ1n) is 9.95. The molecule has 155 valence electrons. The number of hydrogen-bond acceptors (Lipinski definition) is 1. The summed E-state index contributed by atoms with van der Waals surface area (Å²) in [7, 11) is 0. The first kappa shape index (κ1) is 20.7. The summed E-state index contributed by atoms with van der Waals surface area (Å²) >= 11 is 0. The van der Waals surface area contributed by atoms with E-state index in [0.717, 1.165) is 51.9 Å². The molecule has 0 saturated carbocycles. The molecule has 4 heteroatoms. The van der Waals surface area contributed by atoms with Crippen molar-refractivity contribution in [3.05, 3.63) is 114 Å². The van der Waals surface area contributed by atoms with Gasteiger partial charge in [0.15, 0.2) is 0 Å². The summed E-state index contributed by atoms with van der Waals surface area (Å²) < 4.78 is 38.1. The van der Waals surface area contributed by atoms with Crippen molar-refractivity contribution < 1.29 is 18.3 Å². The summed E-state index contributed by atoms with van der Waals surface area (Å²) in [4.78, 5) is 0. The zero-order chi connectivity index (χ0) is 21.8. The zero-order valence-corrected chi connectivity index (χ0v) is 16.7. The predicted octanol–water partition coefficient (Wildman–Crippen LogP) is 7.33. The average molecular weight is 417 g/mol. The molecule has 0 spiro atoms. The fraction of sp³-hybridized carbons (Fsp3) is 0.111. The molecule has 1 N–H and O–H groups in total. The molecule has 0 atom stereocenters. The standard InChI is InChI=1S/C27H20F3O/c28-27(29,30)25-14-6-19(7-15-25)4-5-20-2-1-3-24(18-20)23-10-8-21(9-11-23)22-12-16-26(31)17-13-22/h1-2,6-18,31H,4-5H2. The molecule has 0 aliphatic heterocycles. The van der Waals surface area contributed by atoms with Crippen LogP contribution in [0.25, 0.3) is 22.3 Å². The highest BCUT2D eigenvalue weighted by atomic mass is 19.4. The number of alkyl halides is 3. The summed E-state index contributed by atoms with van der Waals surface area (Å²) in [5, 5.41) is 9.43. The molecule has 1 nitrogen and oxygen atoms in total. The fourth-order valence-corrected chi connectivity index (χ4v) is 3.48. The van der Waals surface area contributed by atoms with Crippen molar-refractivity contribution in [2.24, 2.45) is 0 Å². The summed E-state index contributed by atoms with van der Waals surface area (Å²) in [6.45, 7) is 0. The van der Waals surface area contributed by atoms with E-state index in [2.05, 4.69) is 12.1 Å². The molecule has 0 heterocycles. The molecule has 4 aromatic rings. The Morgan fingerprint density at radius 2 is 1.19 bits per heavy atom. The Morgan fingerprint density at radius 1 is 0.645 bits per heavy atom. The average Bonchev–Trinajstić information content (AvgIpc) is 2.78. The molecule has 1 radical (unpaired) electrons. The quantitative estimate of drug-likeness (QED) is 0.360. The van der Waals surface area contributed by atoms with Gasteiger partial charge in [-0.2, -0.15) is 13.2 Å². The molecule has 0 fully saturated rings. The van der Waals surface area contributed by atoms with Gasteiger partial charge in [-0.25, -0.2) is 0 Å². The second-order valence-electron chi connectivity index (χ2n) is 7.43. The summed E-state index contributed by atoms with van der Waals surface area (Å²) in [5.74, 6) is 0.239. The number of aryl methyl sites for hydroxylation is 2. The van der Waals surface area contributed by atoms with E-state index in [1.165, 1.54) is 0 Å². The van der Waals surface area contributed by atoms with Gasteiger partial charge in [0, 0.05) is 0 Å². The minimum Gasteiger partial charge on any atom is -0.508 e. The van der Waals surface area contributed by atoms with Gasteiger partial charge in [-0.3, -0.25) is 0 Å². The van der Waals surface area contributed by atoms with Crippen LogP contribution in [0.4, 0.5) is 13.2 Å². The maximum absolute atomic E-state index is 12.7. The lowest BCUT2D eigenvalue weighted by Crippen LogP contribution is -2.04. The number of rotatable bonds is 5.